The van der Waals surface area contributed by atoms with Crippen LogP contribution in [0.5, 0.6) is 0 Å². The van der Waals surface area contributed by atoms with Gasteiger partial charge in [-0.2, -0.15) is 0 Å². The highest BCUT2D eigenvalue weighted by Crippen LogP contribution is 2.18. The zero-order chi connectivity index (χ0) is 10.7. The number of hydrogen-bond donors (Lipinski definition) is 3. The number of hydrogen-bond acceptors (Lipinski definition) is 3. The molecule has 1 aliphatic heterocycles. The monoisotopic (exact) mass is 211 g/mol. The molecule has 0 spiro atoms. The molecule has 15 heavy (non-hydrogen) atoms. The van der Waals surface area contributed by atoms with Crippen molar-refractivity contribution < 1.29 is 9.59 Å². The maximum atomic E-state index is 11.5. The van der Waals surface area contributed by atoms with E-state index in [4.69, 9.17) is 0 Å². The summed E-state index contributed by atoms with van der Waals surface area (Å²) in [7, 11) is 0. The molecule has 1 saturated carbocycles. The molecule has 0 aromatic rings. The smallest absolute Gasteiger partial charge is 0.239 e. The molecule has 0 aromatic heterocycles. The zero-order valence-electron chi connectivity index (χ0n) is 8.71. The minimum Gasteiger partial charge on any atom is -0.352 e. The van der Waals surface area contributed by atoms with Crippen molar-refractivity contribution in [1.29, 1.82) is 0 Å². The van der Waals surface area contributed by atoms with Crippen molar-refractivity contribution in [3.8, 4) is 0 Å². The van der Waals surface area contributed by atoms with Gasteiger partial charge in [-0.3, -0.25) is 9.59 Å². The van der Waals surface area contributed by atoms with Gasteiger partial charge in [0.2, 0.25) is 11.8 Å². The Kier molecular flexibility index (Phi) is 3.20. The molecule has 0 bridgehead atoms. The van der Waals surface area contributed by atoms with Gasteiger partial charge < -0.3 is 16.0 Å². The molecule has 3 N–H and O–H groups in total. The normalized spacial score (nSPS) is 24.9. The van der Waals surface area contributed by atoms with Gasteiger partial charge in [-0.15, -0.1) is 0 Å². The summed E-state index contributed by atoms with van der Waals surface area (Å²) in [6.45, 7) is 1.000. The molecule has 1 aliphatic carbocycles. The second-order valence-corrected chi connectivity index (χ2v) is 4.21. The molecule has 5 nitrogen and oxygen atoms in total. The van der Waals surface area contributed by atoms with Crippen molar-refractivity contribution in [2.24, 2.45) is 0 Å². The molecule has 0 aromatic carbocycles. The van der Waals surface area contributed by atoms with E-state index in [1.54, 1.807) is 0 Å². The first-order valence-corrected chi connectivity index (χ1v) is 5.56. The van der Waals surface area contributed by atoms with E-state index in [0.717, 1.165) is 32.2 Å². The van der Waals surface area contributed by atoms with Crippen molar-refractivity contribution in [2.75, 3.05) is 13.1 Å². The van der Waals surface area contributed by atoms with Gasteiger partial charge in [0, 0.05) is 6.04 Å². The van der Waals surface area contributed by atoms with Crippen LogP contribution in [-0.2, 0) is 9.59 Å². The highest BCUT2D eigenvalue weighted by Gasteiger charge is 2.25. The fourth-order valence-electron chi connectivity index (χ4n) is 1.71. The molecule has 0 radical (unpaired) electrons. The molecular weight excluding hydrogens is 194 g/mol. The van der Waals surface area contributed by atoms with Gasteiger partial charge in [0.25, 0.3) is 0 Å². The van der Waals surface area contributed by atoms with Gasteiger partial charge in [-0.1, -0.05) is 0 Å². The van der Waals surface area contributed by atoms with Crippen LogP contribution in [0.15, 0.2) is 0 Å². The average Bonchev–Trinajstić information content (AvgIpc) is 2.86. The summed E-state index contributed by atoms with van der Waals surface area (Å²) in [6, 6.07) is 0.262. The second kappa shape index (κ2) is 4.61. The second-order valence-electron chi connectivity index (χ2n) is 4.21. The van der Waals surface area contributed by atoms with Crippen LogP contribution in [-0.4, -0.2) is 37.0 Å². The molecule has 2 aliphatic rings. The van der Waals surface area contributed by atoms with E-state index < -0.39 is 0 Å². The van der Waals surface area contributed by atoms with E-state index in [1.807, 2.05) is 0 Å². The molecule has 2 amide bonds. The van der Waals surface area contributed by atoms with Crippen LogP contribution in [0.25, 0.3) is 0 Å². The Bertz CT molecular complexity index is 257. The third-order valence-electron chi connectivity index (χ3n) is 2.74. The number of nitrogens with one attached hydrogen (secondary N) is 3. The molecular formula is C10H17N3O2. The lowest BCUT2D eigenvalue weighted by atomic mass is 10.2. The van der Waals surface area contributed by atoms with Gasteiger partial charge in [0.05, 0.1) is 12.6 Å². The Morgan fingerprint density at radius 1 is 1.27 bits per heavy atom. The number of carbonyl (C=O) groups is 2. The first kappa shape index (κ1) is 10.4. The Morgan fingerprint density at radius 2 is 2.07 bits per heavy atom. The van der Waals surface area contributed by atoms with Gasteiger partial charge in [-0.25, -0.2) is 0 Å². The van der Waals surface area contributed by atoms with Gasteiger partial charge >= 0.3 is 0 Å². The van der Waals surface area contributed by atoms with Crippen LogP contribution in [0.4, 0.5) is 0 Å². The summed E-state index contributed by atoms with van der Waals surface area (Å²) in [5.74, 6) is -0.137. The van der Waals surface area contributed by atoms with E-state index in [9.17, 15) is 9.59 Å². The Labute approximate surface area is 89.0 Å². The predicted octanol–water partition coefficient (Wildman–Crippen LogP) is -0.867. The van der Waals surface area contributed by atoms with E-state index >= 15 is 0 Å². The molecule has 2 rings (SSSR count). The molecule has 5 heteroatoms. The predicted molar refractivity (Wildman–Crippen MR) is 55.2 cm³/mol. The maximum absolute atomic E-state index is 11.5. The van der Waals surface area contributed by atoms with Crippen molar-refractivity contribution >= 4 is 11.8 Å². The Hall–Kier alpha value is -1.10. The molecule has 84 valence electrons. The van der Waals surface area contributed by atoms with Crippen LogP contribution in [0.1, 0.15) is 25.7 Å². The zero-order valence-corrected chi connectivity index (χ0v) is 8.71. The summed E-state index contributed by atoms with van der Waals surface area (Å²) < 4.78 is 0. The lowest BCUT2D eigenvalue weighted by molar-refractivity contribution is -0.127. The summed E-state index contributed by atoms with van der Waals surface area (Å²) in [5.41, 5.74) is 0. The van der Waals surface area contributed by atoms with Crippen molar-refractivity contribution in [3.05, 3.63) is 0 Å². The van der Waals surface area contributed by atoms with E-state index in [0.29, 0.717) is 6.04 Å². The van der Waals surface area contributed by atoms with Crippen LogP contribution >= 0.6 is 0 Å². The van der Waals surface area contributed by atoms with Crippen LogP contribution in [0.2, 0.25) is 0 Å². The van der Waals surface area contributed by atoms with E-state index in [-0.39, 0.29) is 24.4 Å². The number of carbonyl (C=O) groups excluding carboxylic acids is 2. The molecule has 2 fully saturated rings. The highest BCUT2D eigenvalue weighted by atomic mass is 16.2. The van der Waals surface area contributed by atoms with Crippen molar-refractivity contribution in [1.82, 2.24) is 16.0 Å². The maximum Gasteiger partial charge on any atom is 0.239 e. The van der Waals surface area contributed by atoms with Crippen LogP contribution in [0.3, 0.4) is 0 Å². The van der Waals surface area contributed by atoms with E-state index in [1.165, 1.54) is 0 Å². The van der Waals surface area contributed by atoms with Crippen LogP contribution in [0, 0.1) is 0 Å². The number of rotatable bonds is 4. The summed E-state index contributed by atoms with van der Waals surface area (Å²) in [5, 5.41) is 8.56. The molecule has 1 saturated heterocycles. The third-order valence-corrected chi connectivity index (χ3v) is 2.74. The Morgan fingerprint density at radius 3 is 2.67 bits per heavy atom. The fourth-order valence-corrected chi connectivity index (χ4v) is 1.71. The van der Waals surface area contributed by atoms with Crippen molar-refractivity contribution in [2.45, 2.75) is 37.8 Å². The first-order chi connectivity index (χ1) is 7.25. The first-order valence-electron chi connectivity index (χ1n) is 5.56. The topological polar surface area (TPSA) is 70.2 Å². The standard InChI is InChI=1S/C10H17N3O2/c14-9(13-7-3-4-7)6-12-10(15)8-2-1-5-11-8/h7-8,11H,1-6H2,(H,12,15)(H,13,14)/t8-/m1/s1. The quantitative estimate of drug-likeness (QED) is 0.566. The van der Waals surface area contributed by atoms with Gasteiger partial charge in [-0.05, 0) is 32.2 Å². The highest BCUT2D eigenvalue weighted by molar-refractivity contribution is 5.87. The number of amides is 2. The summed E-state index contributed by atoms with van der Waals surface area (Å²) in [6.07, 6.45) is 4.05. The largest absolute Gasteiger partial charge is 0.352 e. The minimum atomic E-state index is -0.0984. The molecule has 1 atom stereocenters. The lowest BCUT2D eigenvalue weighted by Crippen LogP contribution is -2.45. The van der Waals surface area contributed by atoms with Gasteiger partial charge in [0.1, 0.15) is 0 Å². The van der Waals surface area contributed by atoms with Gasteiger partial charge in [0.15, 0.2) is 0 Å². The van der Waals surface area contributed by atoms with Crippen molar-refractivity contribution in [3.63, 3.8) is 0 Å². The molecule has 1 heterocycles. The summed E-state index contributed by atoms with van der Waals surface area (Å²) >= 11 is 0. The van der Waals surface area contributed by atoms with E-state index in [2.05, 4.69) is 16.0 Å². The summed E-state index contributed by atoms with van der Waals surface area (Å²) in [4.78, 5) is 22.8. The molecule has 0 unspecified atom stereocenters. The SMILES string of the molecule is O=C(CNC(=O)[C@H]1CCCN1)NC1CC1. The van der Waals surface area contributed by atoms with Crippen LogP contribution < -0.4 is 16.0 Å². The third kappa shape index (κ3) is 3.20. The average molecular weight is 211 g/mol. The minimum absolute atomic E-state index is 0.0570. The fraction of sp³-hybridized carbons (Fsp3) is 0.800. The lowest BCUT2D eigenvalue weighted by Gasteiger charge is -2.10. The Balaban J connectivity index is 1.62.